The number of phosphoric acid groups is 1. The molecule has 9 heteroatoms. The van der Waals surface area contributed by atoms with Crippen LogP contribution in [-0.2, 0) is 27.9 Å². The van der Waals surface area contributed by atoms with Crippen molar-refractivity contribution in [3.8, 4) is 0 Å². The molecule has 0 saturated carbocycles. The van der Waals surface area contributed by atoms with Crippen LogP contribution in [0.4, 0.5) is 0 Å². The predicted molar refractivity (Wildman–Crippen MR) is 258 cm³/mol. The molecule has 0 radical (unpaired) electrons. The number of ether oxygens (including phenoxy) is 2. The highest BCUT2D eigenvalue weighted by Crippen LogP contribution is 2.38. The molecule has 0 aromatic carbocycles. The Labute approximate surface area is 374 Å². The van der Waals surface area contributed by atoms with Crippen LogP contribution in [-0.4, -0.2) is 70.7 Å². The second kappa shape index (κ2) is 43.8. The highest BCUT2D eigenvalue weighted by molar-refractivity contribution is 7.45. The van der Waals surface area contributed by atoms with Gasteiger partial charge in [0.15, 0.2) is 0 Å². The Morgan fingerprint density at radius 3 is 1.34 bits per heavy atom. The van der Waals surface area contributed by atoms with E-state index in [-0.39, 0.29) is 32.2 Å². The molecule has 2 unspecified atom stereocenters. The minimum absolute atomic E-state index is 0.0101. The summed E-state index contributed by atoms with van der Waals surface area (Å²) < 4.78 is 34.6. The molecule has 0 saturated heterocycles. The molecule has 348 valence electrons. The van der Waals surface area contributed by atoms with Gasteiger partial charge in [0.05, 0.1) is 34.4 Å². The summed E-state index contributed by atoms with van der Waals surface area (Å²) in [5, 5.41) is 0. The van der Waals surface area contributed by atoms with Crippen LogP contribution in [0.3, 0.4) is 0 Å². The topological polar surface area (TPSA) is 94.1 Å². The minimum Gasteiger partial charge on any atom is -0.756 e. The van der Waals surface area contributed by atoms with Gasteiger partial charge in [0.25, 0.3) is 7.82 Å². The van der Waals surface area contributed by atoms with E-state index in [0.29, 0.717) is 24.1 Å². The van der Waals surface area contributed by atoms with E-state index in [4.69, 9.17) is 18.5 Å². The Bertz CT molecular complexity index is 1340. The van der Waals surface area contributed by atoms with Crippen molar-refractivity contribution in [2.45, 2.75) is 161 Å². The van der Waals surface area contributed by atoms with E-state index in [0.717, 1.165) is 103 Å². The van der Waals surface area contributed by atoms with Crippen LogP contribution in [0.2, 0.25) is 0 Å². The van der Waals surface area contributed by atoms with Crippen molar-refractivity contribution in [3.05, 3.63) is 109 Å². The summed E-state index contributed by atoms with van der Waals surface area (Å²) in [6.07, 6.45) is 61.1. The summed E-state index contributed by atoms with van der Waals surface area (Å²) >= 11 is 0. The van der Waals surface area contributed by atoms with Gasteiger partial charge in [-0.3, -0.25) is 9.36 Å². The Morgan fingerprint density at radius 1 is 0.508 bits per heavy atom. The molecule has 0 aliphatic heterocycles. The molecule has 0 aliphatic carbocycles. The van der Waals surface area contributed by atoms with Gasteiger partial charge in [-0.2, -0.15) is 0 Å². The maximum atomic E-state index is 12.7. The van der Waals surface area contributed by atoms with Gasteiger partial charge >= 0.3 is 5.97 Å². The maximum absolute atomic E-state index is 12.7. The third-order valence-corrected chi connectivity index (χ3v) is 10.3. The number of likely N-dealkylation sites (N-methyl/N-ethyl adjacent to an activating group) is 1. The van der Waals surface area contributed by atoms with E-state index < -0.39 is 13.9 Å². The van der Waals surface area contributed by atoms with Crippen molar-refractivity contribution in [3.63, 3.8) is 0 Å². The number of phosphoric ester groups is 1. The number of hydrogen-bond acceptors (Lipinski definition) is 7. The summed E-state index contributed by atoms with van der Waals surface area (Å²) in [7, 11) is 1.30. The van der Waals surface area contributed by atoms with E-state index in [1.54, 1.807) is 0 Å². The van der Waals surface area contributed by atoms with E-state index in [1.807, 2.05) is 21.1 Å². The first kappa shape index (κ1) is 58.2. The first-order valence-electron chi connectivity index (χ1n) is 23.6. The number of allylic oxidation sites excluding steroid dienone is 18. The van der Waals surface area contributed by atoms with Crippen LogP contribution in [0.1, 0.15) is 155 Å². The molecular weight excluding hydrogens is 782 g/mol. The van der Waals surface area contributed by atoms with Crippen LogP contribution >= 0.6 is 7.82 Å². The van der Waals surface area contributed by atoms with Crippen molar-refractivity contribution >= 4 is 13.8 Å². The third-order valence-electron chi connectivity index (χ3n) is 9.32. The maximum Gasteiger partial charge on any atom is 0.306 e. The Morgan fingerprint density at radius 2 is 0.902 bits per heavy atom. The summed E-state index contributed by atoms with van der Waals surface area (Å²) in [6.45, 7) is 5.08. The number of quaternary nitrogens is 1. The standard InChI is InChI=1S/C52H88NO7P/c1-6-8-10-12-14-16-18-20-22-24-26-28-30-32-34-36-38-40-42-44-47-57-49-51(50-59-61(55,56)58-48-46-53(3,4)5)60-52(54)45-43-41-39-37-35-33-31-29-27-25-23-21-19-17-15-13-11-9-7-2/h8-11,14-17,20-23,26-29,33,35,51H,6-7,12-13,18-19,24-25,30-32,34,36-50H2,1-5H3/b10-8-,11-9-,16-14-,17-15-,22-20-,23-21-,28-26-,29-27-,35-33-. The van der Waals surface area contributed by atoms with E-state index >= 15 is 0 Å². The average molecular weight is 870 g/mol. The van der Waals surface area contributed by atoms with Gasteiger partial charge in [-0.15, -0.1) is 0 Å². The Hall–Kier alpha value is -2.84. The number of carbonyl (C=O) groups excluding carboxylic acids is 1. The fourth-order valence-electron chi connectivity index (χ4n) is 5.74. The molecule has 0 aliphatic rings. The molecule has 0 N–H and O–H groups in total. The Kier molecular flexibility index (Phi) is 41.8. The minimum atomic E-state index is -4.55. The molecule has 0 amide bonds. The first-order chi connectivity index (χ1) is 29.6. The van der Waals surface area contributed by atoms with Crippen LogP contribution in [0, 0.1) is 0 Å². The summed E-state index contributed by atoms with van der Waals surface area (Å²) in [6, 6.07) is 0. The fraction of sp³-hybridized carbons (Fsp3) is 0.635. The number of hydrogen-bond donors (Lipinski definition) is 0. The molecule has 0 fully saturated rings. The Balaban J connectivity index is 4.32. The highest BCUT2D eigenvalue weighted by atomic mass is 31.2. The molecule has 0 spiro atoms. The molecule has 8 nitrogen and oxygen atoms in total. The number of rotatable bonds is 42. The number of unbranched alkanes of at least 4 members (excludes halogenated alkanes) is 10. The van der Waals surface area contributed by atoms with Crippen LogP contribution < -0.4 is 4.89 Å². The molecule has 61 heavy (non-hydrogen) atoms. The molecule has 0 bridgehead atoms. The monoisotopic (exact) mass is 870 g/mol. The van der Waals surface area contributed by atoms with Crippen molar-refractivity contribution in [1.82, 2.24) is 0 Å². The van der Waals surface area contributed by atoms with E-state index in [2.05, 4.69) is 123 Å². The normalized spacial score (nSPS) is 14.7. The SMILES string of the molecule is CC/C=C\C/C=C\C/C=C\C/C=C\C/C=C\CCCCCC(=O)OC(COCCCCCCCCC/C=C\C/C=C\C/C=C\C/C=C\CC)COP(=O)([O-])OCC[N+](C)(C)C. The lowest BCUT2D eigenvalue weighted by atomic mass is 10.1. The zero-order chi connectivity index (χ0) is 44.8. The van der Waals surface area contributed by atoms with Crippen molar-refractivity contribution in [2.75, 3.05) is 54.1 Å². The van der Waals surface area contributed by atoms with Gasteiger partial charge in [0, 0.05) is 13.0 Å². The third kappa shape index (κ3) is 48.1. The zero-order valence-corrected chi connectivity index (χ0v) is 40.2. The molecule has 0 aromatic heterocycles. The lowest BCUT2D eigenvalue weighted by molar-refractivity contribution is -0.870. The second-order valence-corrected chi connectivity index (χ2v) is 17.8. The molecular formula is C52H88NO7P. The smallest absolute Gasteiger partial charge is 0.306 e. The largest absolute Gasteiger partial charge is 0.756 e. The molecule has 2 atom stereocenters. The van der Waals surface area contributed by atoms with Crippen LogP contribution in [0.5, 0.6) is 0 Å². The van der Waals surface area contributed by atoms with E-state index in [1.165, 1.54) is 25.7 Å². The zero-order valence-electron chi connectivity index (χ0n) is 39.3. The van der Waals surface area contributed by atoms with Gasteiger partial charge in [-0.05, 0) is 96.3 Å². The fourth-order valence-corrected chi connectivity index (χ4v) is 6.47. The van der Waals surface area contributed by atoms with E-state index in [9.17, 15) is 14.3 Å². The summed E-state index contributed by atoms with van der Waals surface area (Å²) in [5.41, 5.74) is 0. The number of carbonyl (C=O) groups is 1. The number of nitrogens with zero attached hydrogens (tertiary/aromatic N) is 1. The van der Waals surface area contributed by atoms with Gasteiger partial charge in [-0.25, -0.2) is 0 Å². The van der Waals surface area contributed by atoms with Crippen LogP contribution in [0.15, 0.2) is 109 Å². The van der Waals surface area contributed by atoms with Crippen molar-refractivity contribution < 1.29 is 37.3 Å². The van der Waals surface area contributed by atoms with Crippen molar-refractivity contribution in [1.29, 1.82) is 0 Å². The first-order valence-corrected chi connectivity index (χ1v) is 25.1. The lowest BCUT2D eigenvalue weighted by Crippen LogP contribution is -2.37. The van der Waals surface area contributed by atoms with Gasteiger partial charge < -0.3 is 27.9 Å². The van der Waals surface area contributed by atoms with Crippen LogP contribution in [0.25, 0.3) is 0 Å². The molecule has 0 rings (SSSR count). The highest BCUT2D eigenvalue weighted by Gasteiger charge is 2.20. The quantitative estimate of drug-likeness (QED) is 0.0198. The lowest BCUT2D eigenvalue weighted by Gasteiger charge is -2.28. The predicted octanol–water partition coefficient (Wildman–Crippen LogP) is 13.8. The second-order valence-electron chi connectivity index (χ2n) is 16.3. The van der Waals surface area contributed by atoms with Gasteiger partial charge in [0.2, 0.25) is 0 Å². The van der Waals surface area contributed by atoms with Crippen molar-refractivity contribution in [2.24, 2.45) is 0 Å². The van der Waals surface area contributed by atoms with Gasteiger partial charge in [-0.1, -0.05) is 162 Å². The number of esters is 1. The molecule has 0 heterocycles. The van der Waals surface area contributed by atoms with Gasteiger partial charge in [0.1, 0.15) is 19.3 Å². The average Bonchev–Trinajstić information content (AvgIpc) is 3.22. The summed E-state index contributed by atoms with van der Waals surface area (Å²) in [4.78, 5) is 25.1. The summed E-state index contributed by atoms with van der Waals surface area (Å²) in [5.74, 6) is -0.374. The molecule has 0 aromatic rings.